The predicted octanol–water partition coefficient (Wildman–Crippen LogP) is 4.29. The van der Waals surface area contributed by atoms with Gasteiger partial charge in [-0.15, -0.1) is 0 Å². The molecule has 0 saturated carbocycles. The largest absolute Gasteiger partial charge is 0.0614 e. The van der Waals surface area contributed by atoms with Crippen molar-refractivity contribution in [1.29, 1.82) is 0 Å². The molecule has 0 saturated heterocycles. The van der Waals surface area contributed by atoms with E-state index in [0.29, 0.717) is 0 Å². The third kappa shape index (κ3) is 3.17. The van der Waals surface area contributed by atoms with Gasteiger partial charge in [0.1, 0.15) is 0 Å². The van der Waals surface area contributed by atoms with E-state index in [1.807, 2.05) is 18.2 Å². The lowest BCUT2D eigenvalue weighted by Gasteiger charge is -2.03. The molecule has 0 aliphatic rings. The SMILES string of the molecule is Ic1ccc(Cc2c[c]ccc2)cc1I. The molecule has 0 bridgehead atoms. The Bertz CT molecular complexity index is 449. The molecule has 0 amide bonds. The van der Waals surface area contributed by atoms with E-state index < -0.39 is 0 Å². The van der Waals surface area contributed by atoms with Crippen LogP contribution < -0.4 is 0 Å². The van der Waals surface area contributed by atoms with Crippen LogP contribution in [-0.4, -0.2) is 0 Å². The molecule has 2 rings (SSSR count). The van der Waals surface area contributed by atoms with Crippen molar-refractivity contribution in [2.24, 2.45) is 0 Å². The van der Waals surface area contributed by atoms with E-state index in [9.17, 15) is 0 Å². The van der Waals surface area contributed by atoms with Crippen LogP contribution in [0.3, 0.4) is 0 Å². The second-order valence-electron chi connectivity index (χ2n) is 3.34. The zero-order valence-corrected chi connectivity index (χ0v) is 12.3. The van der Waals surface area contributed by atoms with Gasteiger partial charge >= 0.3 is 0 Å². The van der Waals surface area contributed by atoms with Gasteiger partial charge in [0.15, 0.2) is 0 Å². The molecule has 0 N–H and O–H groups in total. The maximum absolute atomic E-state index is 3.10. The third-order valence-electron chi connectivity index (χ3n) is 2.16. The number of rotatable bonds is 2. The summed E-state index contributed by atoms with van der Waals surface area (Å²) in [6.07, 6.45) is 0.990. The summed E-state index contributed by atoms with van der Waals surface area (Å²) in [5.74, 6) is 0. The van der Waals surface area contributed by atoms with Gasteiger partial charge in [-0.1, -0.05) is 30.3 Å². The first-order chi connectivity index (χ1) is 7.25. The van der Waals surface area contributed by atoms with Crippen LogP contribution in [0, 0.1) is 13.2 Å². The van der Waals surface area contributed by atoms with Crippen molar-refractivity contribution in [1.82, 2.24) is 0 Å². The normalized spacial score (nSPS) is 10.3. The summed E-state index contributed by atoms with van der Waals surface area (Å²) in [5.41, 5.74) is 2.67. The van der Waals surface area contributed by atoms with Crippen LogP contribution in [0.25, 0.3) is 0 Å². The molecule has 15 heavy (non-hydrogen) atoms. The minimum absolute atomic E-state index is 0.990. The average molecular weight is 419 g/mol. The lowest BCUT2D eigenvalue weighted by molar-refractivity contribution is 1.18. The van der Waals surface area contributed by atoms with Gasteiger partial charge in [-0.2, -0.15) is 0 Å². The topological polar surface area (TPSA) is 0 Å². The van der Waals surface area contributed by atoms with E-state index in [0.717, 1.165) is 6.42 Å². The molecule has 0 nitrogen and oxygen atoms in total. The van der Waals surface area contributed by atoms with Crippen LogP contribution in [0.1, 0.15) is 11.1 Å². The van der Waals surface area contributed by atoms with E-state index in [2.05, 4.69) is 75.5 Å². The van der Waals surface area contributed by atoms with Crippen molar-refractivity contribution in [2.75, 3.05) is 0 Å². The molecule has 75 valence electrons. The smallest absolute Gasteiger partial charge is 0.0266 e. The molecule has 2 aromatic carbocycles. The number of halogens is 2. The van der Waals surface area contributed by atoms with E-state index in [1.165, 1.54) is 18.3 Å². The Labute approximate surface area is 117 Å². The summed E-state index contributed by atoms with van der Waals surface area (Å²) >= 11 is 4.74. The minimum atomic E-state index is 0.990. The molecule has 0 fully saturated rings. The van der Waals surface area contributed by atoms with E-state index >= 15 is 0 Å². The Balaban J connectivity index is 2.22. The van der Waals surface area contributed by atoms with Gasteiger partial charge in [0.05, 0.1) is 0 Å². The summed E-state index contributed by atoms with van der Waals surface area (Å²) < 4.78 is 2.64. The number of benzene rings is 2. The van der Waals surface area contributed by atoms with Crippen LogP contribution in [0.15, 0.2) is 42.5 Å². The van der Waals surface area contributed by atoms with Crippen molar-refractivity contribution in [3.63, 3.8) is 0 Å². The van der Waals surface area contributed by atoms with Crippen molar-refractivity contribution in [2.45, 2.75) is 6.42 Å². The molecule has 0 aliphatic carbocycles. The van der Waals surface area contributed by atoms with E-state index in [4.69, 9.17) is 0 Å². The van der Waals surface area contributed by atoms with Crippen LogP contribution in [-0.2, 0) is 6.42 Å². The lowest BCUT2D eigenvalue weighted by Crippen LogP contribution is -1.89. The Kier molecular flexibility index (Phi) is 4.02. The Morgan fingerprint density at radius 3 is 2.53 bits per heavy atom. The van der Waals surface area contributed by atoms with Crippen molar-refractivity contribution >= 4 is 45.2 Å². The second-order valence-corrected chi connectivity index (χ2v) is 5.66. The van der Waals surface area contributed by atoms with Crippen LogP contribution in [0.4, 0.5) is 0 Å². The highest BCUT2D eigenvalue weighted by atomic mass is 127. The van der Waals surface area contributed by atoms with Crippen molar-refractivity contribution in [3.05, 3.63) is 66.8 Å². The monoisotopic (exact) mass is 419 g/mol. The summed E-state index contributed by atoms with van der Waals surface area (Å²) in [7, 11) is 0. The maximum Gasteiger partial charge on any atom is 0.0266 e. The van der Waals surface area contributed by atoms with Crippen molar-refractivity contribution < 1.29 is 0 Å². The van der Waals surface area contributed by atoms with Gasteiger partial charge in [-0.05, 0) is 80.9 Å². The first kappa shape index (κ1) is 11.4. The molecule has 0 aromatic heterocycles. The summed E-state index contributed by atoms with van der Waals surface area (Å²) in [6, 6.07) is 17.9. The molecule has 2 heteroatoms. The highest BCUT2D eigenvalue weighted by Gasteiger charge is 1.99. The lowest BCUT2D eigenvalue weighted by atomic mass is 10.1. The second kappa shape index (κ2) is 5.30. The van der Waals surface area contributed by atoms with Gasteiger partial charge in [-0.25, -0.2) is 0 Å². The quantitative estimate of drug-likeness (QED) is 0.638. The van der Waals surface area contributed by atoms with Crippen LogP contribution in [0.5, 0.6) is 0 Å². The fraction of sp³-hybridized carbons (Fsp3) is 0.0769. The molecule has 0 aliphatic heterocycles. The maximum atomic E-state index is 3.10. The molecule has 1 radical (unpaired) electrons. The fourth-order valence-corrected chi connectivity index (χ4v) is 2.34. The summed E-state index contributed by atoms with van der Waals surface area (Å²) in [5, 5.41) is 0. The van der Waals surface area contributed by atoms with Gasteiger partial charge in [0.2, 0.25) is 0 Å². The molecule has 0 unspecified atom stereocenters. The van der Waals surface area contributed by atoms with Gasteiger partial charge in [-0.3, -0.25) is 0 Å². The zero-order valence-electron chi connectivity index (χ0n) is 8.00. The molecule has 2 aromatic rings. The summed E-state index contributed by atoms with van der Waals surface area (Å²) in [6.45, 7) is 0. The Morgan fingerprint density at radius 2 is 1.87 bits per heavy atom. The first-order valence-electron chi connectivity index (χ1n) is 4.64. The van der Waals surface area contributed by atoms with E-state index in [-0.39, 0.29) is 0 Å². The van der Waals surface area contributed by atoms with Gasteiger partial charge in [0.25, 0.3) is 0 Å². The minimum Gasteiger partial charge on any atom is -0.0614 e. The summed E-state index contributed by atoms with van der Waals surface area (Å²) in [4.78, 5) is 0. The average Bonchev–Trinajstić information content (AvgIpc) is 2.25. The highest BCUT2D eigenvalue weighted by Crippen LogP contribution is 2.18. The molecular formula is C13H9I2. The molecule has 0 heterocycles. The molecule has 0 spiro atoms. The fourth-order valence-electron chi connectivity index (χ4n) is 1.43. The Hall–Kier alpha value is -0.100. The van der Waals surface area contributed by atoms with Gasteiger partial charge in [0, 0.05) is 7.14 Å². The predicted molar refractivity (Wildman–Crippen MR) is 80.0 cm³/mol. The molecule has 0 atom stereocenters. The Morgan fingerprint density at radius 1 is 1.00 bits per heavy atom. The third-order valence-corrected chi connectivity index (χ3v) is 5.03. The first-order valence-corrected chi connectivity index (χ1v) is 6.80. The van der Waals surface area contributed by atoms with Gasteiger partial charge < -0.3 is 0 Å². The standard InChI is InChI=1S/C13H9I2/c14-12-7-6-11(9-13(12)15)8-10-4-2-1-3-5-10/h1-2,4-7,9H,8H2. The van der Waals surface area contributed by atoms with E-state index in [1.54, 1.807) is 0 Å². The molecular weight excluding hydrogens is 410 g/mol. The number of hydrogen-bond donors (Lipinski definition) is 0. The highest BCUT2D eigenvalue weighted by molar-refractivity contribution is 14.1. The van der Waals surface area contributed by atoms with Crippen LogP contribution >= 0.6 is 45.2 Å². The van der Waals surface area contributed by atoms with Crippen molar-refractivity contribution in [3.8, 4) is 0 Å². The zero-order chi connectivity index (χ0) is 10.7. The number of hydrogen-bond acceptors (Lipinski definition) is 0. The van der Waals surface area contributed by atoms with Crippen LogP contribution in [0.2, 0.25) is 0 Å².